The van der Waals surface area contributed by atoms with E-state index in [0.29, 0.717) is 43.3 Å². The summed E-state index contributed by atoms with van der Waals surface area (Å²) in [7, 11) is 0. The molecule has 2 aliphatic heterocycles. The molecule has 2 aromatic rings. The van der Waals surface area contributed by atoms with Crippen molar-refractivity contribution in [1.82, 2.24) is 14.8 Å². The predicted octanol–water partition coefficient (Wildman–Crippen LogP) is 3.28. The van der Waals surface area contributed by atoms with E-state index in [4.69, 9.17) is 0 Å². The monoisotopic (exact) mass is 422 g/mol. The van der Waals surface area contributed by atoms with Gasteiger partial charge in [-0.25, -0.2) is 4.79 Å². The first-order valence-corrected chi connectivity index (χ1v) is 11.0. The number of aromatic nitrogens is 1. The Morgan fingerprint density at radius 1 is 1.06 bits per heavy atom. The van der Waals surface area contributed by atoms with Crippen molar-refractivity contribution in [3.63, 3.8) is 0 Å². The van der Waals surface area contributed by atoms with E-state index in [1.165, 1.54) is 0 Å². The third kappa shape index (κ3) is 4.81. The molecule has 0 unspecified atom stereocenters. The minimum absolute atomic E-state index is 0.0402. The second-order valence-corrected chi connectivity index (χ2v) is 9.05. The number of hydrogen-bond donors (Lipinski definition) is 2. The number of hydrogen-bond acceptors (Lipinski definition) is 3. The van der Waals surface area contributed by atoms with Crippen molar-refractivity contribution >= 4 is 17.6 Å². The van der Waals surface area contributed by atoms with Crippen molar-refractivity contribution < 1.29 is 9.59 Å². The standard InChI is InChI=1S/C24H30N4O3/c1-16(2)10-11-25-23(30)18-6-8-20(9-7-18)26-24(31)27-13-17-12-19(15-27)21-4-3-5-22(29)28(21)14-17/h3-9,16-17,19H,10-15H2,1-2H3,(H,25,30)(H,26,31)/t17-,19+/m1/s1. The molecular weight excluding hydrogens is 392 g/mol. The van der Waals surface area contributed by atoms with Gasteiger partial charge in [-0.15, -0.1) is 0 Å². The number of anilines is 1. The van der Waals surface area contributed by atoms with Gasteiger partial charge in [-0.1, -0.05) is 19.9 Å². The second-order valence-electron chi connectivity index (χ2n) is 9.05. The van der Waals surface area contributed by atoms with Crippen molar-refractivity contribution in [1.29, 1.82) is 0 Å². The Kier molecular flexibility index (Phi) is 6.11. The fraction of sp³-hybridized carbons (Fsp3) is 0.458. The first-order chi connectivity index (χ1) is 14.9. The molecule has 0 aliphatic carbocycles. The topological polar surface area (TPSA) is 83.4 Å². The molecule has 7 nitrogen and oxygen atoms in total. The lowest BCUT2D eigenvalue weighted by molar-refractivity contribution is 0.0952. The van der Waals surface area contributed by atoms with Crippen molar-refractivity contribution in [2.75, 3.05) is 25.0 Å². The van der Waals surface area contributed by atoms with Crippen LogP contribution in [0.15, 0.2) is 47.3 Å². The highest BCUT2D eigenvalue weighted by atomic mass is 16.2. The molecule has 2 N–H and O–H groups in total. The average molecular weight is 423 g/mol. The van der Waals surface area contributed by atoms with Crippen LogP contribution in [0.5, 0.6) is 0 Å². The van der Waals surface area contributed by atoms with Gasteiger partial charge in [-0.3, -0.25) is 9.59 Å². The lowest BCUT2D eigenvalue weighted by Crippen LogP contribution is -2.50. The van der Waals surface area contributed by atoms with E-state index in [9.17, 15) is 14.4 Å². The van der Waals surface area contributed by atoms with Gasteiger partial charge in [0.05, 0.1) is 0 Å². The minimum atomic E-state index is -0.143. The smallest absolute Gasteiger partial charge is 0.321 e. The number of urea groups is 1. The van der Waals surface area contributed by atoms with E-state index in [2.05, 4.69) is 24.5 Å². The summed E-state index contributed by atoms with van der Waals surface area (Å²) in [6, 6.07) is 12.2. The molecule has 0 spiro atoms. The molecule has 1 saturated heterocycles. The molecule has 0 saturated carbocycles. The third-order valence-electron chi connectivity index (χ3n) is 6.17. The number of nitrogens with zero attached hydrogens (tertiary/aromatic N) is 2. The summed E-state index contributed by atoms with van der Waals surface area (Å²) in [6.45, 7) is 6.80. The molecule has 7 heteroatoms. The van der Waals surface area contributed by atoms with E-state index in [1.54, 1.807) is 36.4 Å². The lowest BCUT2D eigenvalue weighted by atomic mass is 9.83. The molecule has 0 radical (unpaired) electrons. The van der Waals surface area contributed by atoms with Gasteiger partial charge in [0, 0.05) is 55.1 Å². The molecule has 31 heavy (non-hydrogen) atoms. The highest BCUT2D eigenvalue weighted by Gasteiger charge is 2.36. The van der Waals surface area contributed by atoms with Gasteiger partial charge in [-0.05, 0) is 55.0 Å². The molecule has 1 fully saturated rings. The Balaban J connectivity index is 1.36. The number of amides is 3. The summed E-state index contributed by atoms with van der Waals surface area (Å²) >= 11 is 0. The van der Waals surface area contributed by atoms with E-state index in [0.717, 1.165) is 18.5 Å². The average Bonchev–Trinajstić information content (AvgIpc) is 2.74. The maximum atomic E-state index is 12.9. The highest BCUT2D eigenvalue weighted by molar-refractivity contribution is 5.95. The maximum Gasteiger partial charge on any atom is 0.321 e. The molecular formula is C24H30N4O3. The van der Waals surface area contributed by atoms with Crippen LogP contribution in [0, 0.1) is 11.8 Å². The summed E-state index contributed by atoms with van der Waals surface area (Å²) in [5.74, 6) is 0.913. The van der Waals surface area contributed by atoms with Crippen LogP contribution in [0.3, 0.4) is 0 Å². The van der Waals surface area contributed by atoms with Crippen molar-refractivity contribution in [3.8, 4) is 0 Å². The van der Waals surface area contributed by atoms with E-state index < -0.39 is 0 Å². The summed E-state index contributed by atoms with van der Waals surface area (Å²) in [6.07, 6.45) is 1.95. The molecule has 2 aliphatic rings. The Morgan fingerprint density at radius 3 is 2.58 bits per heavy atom. The summed E-state index contributed by atoms with van der Waals surface area (Å²) in [4.78, 5) is 39.1. The first-order valence-electron chi connectivity index (χ1n) is 11.0. The van der Waals surface area contributed by atoms with E-state index >= 15 is 0 Å². The van der Waals surface area contributed by atoms with Crippen molar-refractivity contribution in [3.05, 3.63) is 64.1 Å². The number of fused-ring (bicyclic) bond motifs is 4. The fourth-order valence-corrected chi connectivity index (χ4v) is 4.55. The number of likely N-dealkylation sites (tertiary alicyclic amines) is 1. The van der Waals surface area contributed by atoms with Crippen LogP contribution in [-0.2, 0) is 6.54 Å². The van der Waals surface area contributed by atoms with Crippen LogP contribution in [0.2, 0.25) is 0 Å². The molecule has 3 heterocycles. The molecule has 1 aromatic carbocycles. The molecule has 2 atom stereocenters. The maximum absolute atomic E-state index is 12.9. The van der Waals surface area contributed by atoms with Crippen LogP contribution in [-0.4, -0.2) is 41.0 Å². The Bertz CT molecular complexity index is 1010. The molecule has 2 bridgehead atoms. The zero-order chi connectivity index (χ0) is 22.0. The second kappa shape index (κ2) is 8.96. The van der Waals surface area contributed by atoms with E-state index in [-0.39, 0.29) is 29.3 Å². The lowest BCUT2D eigenvalue weighted by Gasteiger charge is -2.42. The zero-order valence-electron chi connectivity index (χ0n) is 18.1. The summed E-state index contributed by atoms with van der Waals surface area (Å²) in [5, 5.41) is 5.87. The molecule has 3 amide bonds. The first kappa shape index (κ1) is 21.2. The van der Waals surface area contributed by atoms with Crippen LogP contribution in [0.4, 0.5) is 10.5 Å². The van der Waals surface area contributed by atoms with Gasteiger partial charge in [0.15, 0.2) is 0 Å². The quantitative estimate of drug-likeness (QED) is 0.776. The Labute approximate surface area is 182 Å². The van der Waals surface area contributed by atoms with Crippen LogP contribution < -0.4 is 16.2 Å². The zero-order valence-corrected chi connectivity index (χ0v) is 18.1. The number of carbonyl (C=O) groups is 2. The van der Waals surface area contributed by atoms with Crippen molar-refractivity contribution in [2.45, 2.75) is 39.2 Å². The fourth-order valence-electron chi connectivity index (χ4n) is 4.55. The van der Waals surface area contributed by atoms with Gasteiger partial charge in [0.1, 0.15) is 0 Å². The number of piperidine rings is 1. The normalized spacial score (nSPS) is 19.6. The Hall–Kier alpha value is -3.09. The molecule has 1 aromatic heterocycles. The van der Waals surface area contributed by atoms with Gasteiger partial charge >= 0.3 is 6.03 Å². The van der Waals surface area contributed by atoms with Crippen LogP contribution in [0.25, 0.3) is 0 Å². The highest BCUT2D eigenvalue weighted by Crippen LogP contribution is 2.35. The van der Waals surface area contributed by atoms with Gasteiger partial charge in [0.25, 0.3) is 11.5 Å². The number of benzene rings is 1. The number of rotatable bonds is 5. The van der Waals surface area contributed by atoms with Gasteiger partial charge in [0.2, 0.25) is 0 Å². The minimum Gasteiger partial charge on any atom is -0.352 e. The van der Waals surface area contributed by atoms with Gasteiger partial charge < -0.3 is 20.1 Å². The molecule has 4 rings (SSSR count). The predicted molar refractivity (Wildman–Crippen MR) is 120 cm³/mol. The largest absolute Gasteiger partial charge is 0.352 e. The van der Waals surface area contributed by atoms with Crippen molar-refractivity contribution in [2.24, 2.45) is 11.8 Å². The van der Waals surface area contributed by atoms with E-state index in [1.807, 2.05) is 15.5 Å². The number of nitrogens with one attached hydrogen (secondary N) is 2. The summed E-state index contributed by atoms with van der Waals surface area (Å²) < 4.78 is 1.86. The van der Waals surface area contributed by atoms with Gasteiger partial charge in [-0.2, -0.15) is 0 Å². The van der Waals surface area contributed by atoms with Crippen LogP contribution >= 0.6 is 0 Å². The summed E-state index contributed by atoms with van der Waals surface area (Å²) in [5.41, 5.74) is 2.31. The molecule has 164 valence electrons. The van der Waals surface area contributed by atoms with Crippen LogP contribution in [0.1, 0.15) is 48.7 Å². The SMILES string of the molecule is CC(C)CCNC(=O)c1ccc(NC(=O)N2C[C@H]3C[C@@H](C2)c2cccc(=O)n2C3)cc1. The number of carbonyl (C=O) groups excluding carboxylic acids is 2. The Morgan fingerprint density at radius 2 is 1.84 bits per heavy atom. The number of pyridine rings is 1. The third-order valence-corrected chi connectivity index (χ3v) is 6.17.